The first-order valence-corrected chi connectivity index (χ1v) is 5.93. The van der Waals surface area contributed by atoms with E-state index in [4.69, 9.17) is 5.73 Å². The zero-order valence-corrected chi connectivity index (χ0v) is 8.34. The molecule has 0 radical (unpaired) electrons. The highest BCUT2D eigenvalue weighted by Gasteiger charge is 2.10. The normalized spacial score (nSPS) is 11.5. The molecular weight excluding hydrogens is 186 g/mol. The summed E-state index contributed by atoms with van der Waals surface area (Å²) in [7, 11) is -3.11. The molecule has 1 aromatic carbocycles. The van der Waals surface area contributed by atoms with E-state index in [0.29, 0.717) is 17.9 Å². The van der Waals surface area contributed by atoms with Gasteiger partial charge in [0.25, 0.3) is 0 Å². The van der Waals surface area contributed by atoms with Gasteiger partial charge in [0.2, 0.25) is 0 Å². The molecule has 0 saturated carbocycles. The summed E-state index contributed by atoms with van der Waals surface area (Å²) in [6.45, 7) is 0.465. The van der Waals surface area contributed by atoms with Crippen molar-refractivity contribution in [2.45, 2.75) is 11.3 Å². The fraction of sp³-hybridized carbons (Fsp3) is 0.333. The van der Waals surface area contributed by atoms with Crippen LogP contribution >= 0.6 is 0 Å². The van der Waals surface area contributed by atoms with Crippen LogP contribution in [0.25, 0.3) is 0 Å². The Hall–Kier alpha value is -0.870. The van der Waals surface area contributed by atoms with E-state index < -0.39 is 9.84 Å². The number of sulfone groups is 1. The second kappa shape index (κ2) is 3.89. The van der Waals surface area contributed by atoms with Crippen molar-refractivity contribution in [1.29, 1.82) is 0 Å². The summed E-state index contributed by atoms with van der Waals surface area (Å²) in [5.41, 5.74) is 6.18. The molecule has 0 bridgehead atoms. The van der Waals surface area contributed by atoms with Gasteiger partial charge in [0.05, 0.1) is 4.90 Å². The molecule has 72 valence electrons. The number of hydrogen-bond donors (Lipinski definition) is 1. The van der Waals surface area contributed by atoms with E-state index in [-0.39, 0.29) is 0 Å². The summed E-state index contributed by atoms with van der Waals surface area (Å²) < 4.78 is 22.6. The van der Waals surface area contributed by atoms with Gasteiger partial charge in [-0.3, -0.25) is 0 Å². The molecule has 2 N–H and O–H groups in total. The third-order valence-corrected chi connectivity index (χ3v) is 2.98. The quantitative estimate of drug-likeness (QED) is 0.775. The Kier molecular flexibility index (Phi) is 3.06. The van der Waals surface area contributed by atoms with Crippen LogP contribution in [0.1, 0.15) is 5.56 Å². The molecule has 0 heterocycles. The van der Waals surface area contributed by atoms with Crippen molar-refractivity contribution < 1.29 is 8.42 Å². The number of hydrogen-bond acceptors (Lipinski definition) is 3. The van der Waals surface area contributed by atoms with Crippen LogP contribution in [0.3, 0.4) is 0 Å². The van der Waals surface area contributed by atoms with Gasteiger partial charge in [-0.1, -0.05) is 18.2 Å². The van der Waals surface area contributed by atoms with Crippen LogP contribution < -0.4 is 5.73 Å². The molecule has 0 fully saturated rings. The van der Waals surface area contributed by atoms with Gasteiger partial charge >= 0.3 is 0 Å². The first-order valence-electron chi connectivity index (χ1n) is 4.03. The zero-order chi connectivity index (χ0) is 9.90. The van der Waals surface area contributed by atoms with Crippen molar-refractivity contribution in [2.75, 3.05) is 12.8 Å². The average Bonchev–Trinajstić information content (AvgIpc) is 2.04. The van der Waals surface area contributed by atoms with E-state index >= 15 is 0 Å². The monoisotopic (exact) mass is 199 g/mol. The summed E-state index contributed by atoms with van der Waals surface area (Å²) in [5, 5.41) is 0. The van der Waals surface area contributed by atoms with Crippen LogP contribution in [0.4, 0.5) is 0 Å². The maximum atomic E-state index is 11.3. The molecule has 0 aliphatic carbocycles. The van der Waals surface area contributed by atoms with E-state index in [1.807, 2.05) is 6.07 Å². The minimum absolute atomic E-state index is 0.389. The predicted molar refractivity (Wildman–Crippen MR) is 52.3 cm³/mol. The topological polar surface area (TPSA) is 60.2 Å². The second-order valence-corrected chi connectivity index (χ2v) is 4.90. The molecule has 0 amide bonds. The highest BCUT2D eigenvalue weighted by molar-refractivity contribution is 7.90. The Morgan fingerprint density at radius 1 is 1.31 bits per heavy atom. The second-order valence-electron chi connectivity index (χ2n) is 2.92. The molecule has 13 heavy (non-hydrogen) atoms. The smallest absolute Gasteiger partial charge is 0.175 e. The lowest BCUT2D eigenvalue weighted by molar-refractivity contribution is 0.600. The fourth-order valence-corrected chi connectivity index (χ4v) is 2.20. The van der Waals surface area contributed by atoms with Crippen molar-refractivity contribution in [3.8, 4) is 0 Å². The highest BCUT2D eigenvalue weighted by atomic mass is 32.2. The van der Waals surface area contributed by atoms with Crippen LogP contribution in [-0.4, -0.2) is 21.2 Å². The Balaban J connectivity index is 3.20. The van der Waals surface area contributed by atoms with Crippen LogP contribution in [0.5, 0.6) is 0 Å². The minimum atomic E-state index is -3.11. The van der Waals surface area contributed by atoms with Crippen molar-refractivity contribution in [3.05, 3.63) is 29.8 Å². The van der Waals surface area contributed by atoms with Gasteiger partial charge in [-0.2, -0.15) is 0 Å². The van der Waals surface area contributed by atoms with Gasteiger partial charge in [-0.25, -0.2) is 8.42 Å². The van der Waals surface area contributed by atoms with Crippen molar-refractivity contribution in [1.82, 2.24) is 0 Å². The molecule has 0 atom stereocenters. The third-order valence-electron chi connectivity index (χ3n) is 1.79. The largest absolute Gasteiger partial charge is 0.330 e. The molecule has 0 saturated heterocycles. The molecule has 0 spiro atoms. The molecule has 1 rings (SSSR count). The van der Waals surface area contributed by atoms with Crippen molar-refractivity contribution >= 4 is 9.84 Å². The lowest BCUT2D eigenvalue weighted by Crippen LogP contribution is -2.08. The van der Waals surface area contributed by atoms with Crippen molar-refractivity contribution in [3.63, 3.8) is 0 Å². The molecule has 1 aromatic rings. The summed E-state index contributed by atoms with van der Waals surface area (Å²) >= 11 is 0. The molecule has 0 aromatic heterocycles. The van der Waals surface area contributed by atoms with Crippen LogP contribution in [0, 0.1) is 0 Å². The van der Waals surface area contributed by atoms with Gasteiger partial charge in [0.15, 0.2) is 9.84 Å². The van der Waals surface area contributed by atoms with Crippen molar-refractivity contribution in [2.24, 2.45) is 5.73 Å². The minimum Gasteiger partial charge on any atom is -0.330 e. The van der Waals surface area contributed by atoms with Crippen LogP contribution in [0.15, 0.2) is 29.2 Å². The maximum absolute atomic E-state index is 11.3. The van der Waals surface area contributed by atoms with Gasteiger partial charge in [0, 0.05) is 6.26 Å². The summed E-state index contributed by atoms with van der Waals surface area (Å²) in [5.74, 6) is 0. The predicted octanol–water partition coefficient (Wildman–Crippen LogP) is 0.591. The Labute approximate surface area is 78.5 Å². The SMILES string of the molecule is CS(=O)(=O)c1ccccc1CCN. The summed E-state index contributed by atoms with van der Waals surface area (Å²) in [6.07, 6.45) is 1.81. The van der Waals surface area contributed by atoms with Gasteiger partial charge in [0.1, 0.15) is 0 Å². The van der Waals surface area contributed by atoms with Gasteiger partial charge in [-0.15, -0.1) is 0 Å². The van der Waals surface area contributed by atoms with E-state index in [2.05, 4.69) is 0 Å². The third kappa shape index (κ3) is 2.54. The molecule has 0 aliphatic heterocycles. The lowest BCUT2D eigenvalue weighted by Gasteiger charge is -2.05. The molecule has 4 heteroatoms. The Morgan fingerprint density at radius 3 is 2.46 bits per heavy atom. The zero-order valence-electron chi connectivity index (χ0n) is 7.53. The first kappa shape index (κ1) is 10.2. The number of nitrogens with two attached hydrogens (primary N) is 1. The Bertz CT molecular complexity index is 384. The molecule has 3 nitrogen and oxygen atoms in total. The highest BCUT2D eigenvalue weighted by Crippen LogP contribution is 2.14. The van der Waals surface area contributed by atoms with Gasteiger partial charge < -0.3 is 5.73 Å². The van der Waals surface area contributed by atoms with Crippen LogP contribution in [-0.2, 0) is 16.3 Å². The lowest BCUT2D eigenvalue weighted by atomic mass is 10.1. The average molecular weight is 199 g/mol. The number of benzene rings is 1. The summed E-state index contributed by atoms with van der Waals surface area (Å²) in [4.78, 5) is 0.389. The van der Waals surface area contributed by atoms with Crippen LogP contribution in [0.2, 0.25) is 0 Å². The van der Waals surface area contributed by atoms with E-state index in [0.717, 1.165) is 5.56 Å². The first-order chi connectivity index (χ1) is 6.05. The maximum Gasteiger partial charge on any atom is 0.175 e. The molecule has 0 aliphatic rings. The number of rotatable bonds is 3. The fourth-order valence-electron chi connectivity index (χ4n) is 1.23. The van der Waals surface area contributed by atoms with E-state index in [1.165, 1.54) is 6.26 Å². The standard InChI is InChI=1S/C9H13NO2S/c1-13(11,12)9-5-3-2-4-8(9)6-7-10/h2-5H,6-7,10H2,1H3. The molecular formula is C9H13NO2S. The molecule has 0 unspecified atom stereocenters. The Morgan fingerprint density at radius 2 is 1.92 bits per heavy atom. The van der Waals surface area contributed by atoms with Gasteiger partial charge in [-0.05, 0) is 24.6 Å². The van der Waals surface area contributed by atoms with E-state index in [9.17, 15) is 8.42 Å². The summed E-state index contributed by atoms with van der Waals surface area (Å²) in [6, 6.07) is 6.94. The van der Waals surface area contributed by atoms with E-state index in [1.54, 1.807) is 18.2 Å².